The Labute approximate surface area is 149 Å². The van der Waals surface area contributed by atoms with Crippen LogP contribution in [0, 0.1) is 32.8 Å². The van der Waals surface area contributed by atoms with Gasteiger partial charge in [0.1, 0.15) is 11.5 Å². The maximum atomic E-state index is 10.7. The van der Waals surface area contributed by atoms with Gasteiger partial charge in [-0.1, -0.05) is 12.1 Å². The van der Waals surface area contributed by atoms with Crippen molar-refractivity contribution >= 4 is 17.3 Å². The fraction of sp³-hybridized carbons (Fsp3) is 0. The number of allylic oxidation sites excluding steroid dienone is 1. The highest BCUT2D eigenvalue weighted by molar-refractivity contribution is 5.89. The zero-order valence-electron chi connectivity index (χ0n) is 13.4. The molecule has 26 heavy (non-hydrogen) atoms. The highest BCUT2D eigenvalue weighted by Gasteiger charge is 2.09. The molecule has 0 radical (unpaired) electrons. The number of hydrogen-bond donors (Lipinski definition) is 0. The largest absolute Gasteiger partial charge is 0.457 e. The highest BCUT2D eigenvalue weighted by Crippen LogP contribution is 2.26. The fourth-order valence-electron chi connectivity index (χ4n) is 2.38. The van der Waals surface area contributed by atoms with E-state index in [4.69, 9.17) is 9.68 Å². The minimum Gasteiger partial charge on any atom is -0.457 e. The van der Waals surface area contributed by atoms with Crippen molar-refractivity contribution in [1.29, 1.82) is 10.5 Å². The van der Waals surface area contributed by atoms with Gasteiger partial charge in [-0.25, -0.2) is 0 Å². The van der Waals surface area contributed by atoms with Gasteiger partial charge in [-0.05, 0) is 48.0 Å². The molecule has 2 aromatic carbocycles. The molecule has 0 aliphatic carbocycles. The van der Waals surface area contributed by atoms with Crippen molar-refractivity contribution in [3.63, 3.8) is 0 Å². The van der Waals surface area contributed by atoms with Gasteiger partial charge < -0.3 is 4.42 Å². The third-order valence-corrected chi connectivity index (χ3v) is 3.72. The molecule has 1 heterocycles. The highest BCUT2D eigenvalue weighted by atomic mass is 16.6. The maximum Gasteiger partial charge on any atom is 0.269 e. The minimum absolute atomic E-state index is 0.00741. The van der Waals surface area contributed by atoms with E-state index < -0.39 is 4.92 Å². The van der Waals surface area contributed by atoms with Crippen molar-refractivity contribution in [2.75, 3.05) is 0 Å². The average molecular weight is 341 g/mol. The molecular formula is C20H11N3O3. The van der Waals surface area contributed by atoms with E-state index in [1.165, 1.54) is 12.1 Å². The Morgan fingerprint density at radius 3 is 2.27 bits per heavy atom. The van der Waals surface area contributed by atoms with E-state index in [1.54, 1.807) is 54.6 Å². The second kappa shape index (κ2) is 7.16. The quantitative estimate of drug-likeness (QED) is 0.385. The summed E-state index contributed by atoms with van der Waals surface area (Å²) in [6.07, 6.45) is 1.61. The van der Waals surface area contributed by atoms with Crippen LogP contribution in [0.5, 0.6) is 0 Å². The second-order valence-corrected chi connectivity index (χ2v) is 5.36. The molecule has 0 fully saturated rings. The molecule has 1 aromatic heterocycles. The molecule has 0 saturated heterocycles. The zero-order chi connectivity index (χ0) is 18.5. The van der Waals surface area contributed by atoms with Crippen LogP contribution in [-0.4, -0.2) is 4.92 Å². The summed E-state index contributed by atoms with van der Waals surface area (Å²) in [4.78, 5) is 10.2. The number of nitrogens with zero attached hydrogens (tertiary/aromatic N) is 3. The predicted molar refractivity (Wildman–Crippen MR) is 95.4 cm³/mol. The number of benzene rings is 2. The van der Waals surface area contributed by atoms with Crippen molar-refractivity contribution in [3.8, 4) is 23.5 Å². The topological polar surface area (TPSA) is 104 Å². The SMILES string of the molecule is N#C/C(=C/c1ccc(-c2ccc([N+](=O)[O-])cc2)o1)c1ccc(C#N)cc1. The first kappa shape index (κ1) is 16.7. The predicted octanol–water partition coefficient (Wildman–Crippen LogP) is 4.79. The Morgan fingerprint density at radius 2 is 1.69 bits per heavy atom. The fourth-order valence-corrected chi connectivity index (χ4v) is 2.38. The number of furan rings is 1. The van der Waals surface area contributed by atoms with Gasteiger partial charge in [0.15, 0.2) is 0 Å². The molecule has 0 aliphatic heterocycles. The number of rotatable bonds is 4. The molecular weight excluding hydrogens is 330 g/mol. The molecule has 0 amide bonds. The first-order valence-electron chi connectivity index (χ1n) is 7.57. The Kier molecular flexibility index (Phi) is 4.60. The third-order valence-electron chi connectivity index (χ3n) is 3.72. The number of hydrogen-bond acceptors (Lipinski definition) is 5. The Morgan fingerprint density at radius 1 is 1.00 bits per heavy atom. The summed E-state index contributed by atoms with van der Waals surface area (Å²) in [7, 11) is 0. The number of non-ortho nitro benzene ring substituents is 1. The summed E-state index contributed by atoms with van der Waals surface area (Å²) in [5, 5.41) is 28.9. The second-order valence-electron chi connectivity index (χ2n) is 5.36. The van der Waals surface area contributed by atoms with Crippen molar-refractivity contribution in [2.24, 2.45) is 0 Å². The van der Waals surface area contributed by atoms with Gasteiger partial charge in [-0.2, -0.15) is 10.5 Å². The van der Waals surface area contributed by atoms with Crippen LogP contribution in [0.1, 0.15) is 16.9 Å². The molecule has 0 N–H and O–H groups in total. The van der Waals surface area contributed by atoms with Crippen LogP contribution in [0.2, 0.25) is 0 Å². The van der Waals surface area contributed by atoms with Gasteiger partial charge in [0.05, 0.1) is 28.2 Å². The van der Waals surface area contributed by atoms with E-state index in [0.717, 1.165) is 0 Å². The van der Waals surface area contributed by atoms with E-state index in [2.05, 4.69) is 6.07 Å². The van der Waals surface area contributed by atoms with Gasteiger partial charge in [0, 0.05) is 17.7 Å². The van der Waals surface area contributed by atoms with Gasteiger partial charge in [-0.15, -0.1) is 0 Å². The molecule has 0 atom stereocenters. The third kappa shape index (κ3) is 3.50. The molecule has 124 valence electrons. The first-order chi connectivity index (χ1) is 12.6. The molecule has 6 heteroatoms. The van der Waals surface area contributed by atoms with Crippen LogP contribution in [0.3, 0.4) is 0 Å². The normalized spacial score (nSPS) is 10.8. The monoisotopic (exact) mass is 341 g/mol. The van der Waals surface area contributed by atoms with E-state index in [-0.39, 0.29) is 5.69 Å². The van der Waals surface area contributed by atoms with Crippen LogP contribution in [0.4, 0.5) is 5.69 Å². The molecule has 3 rings (SSSR count). The van der Waals surface area contributed by atoms with Crippen LogP contribution in [-0.2, 0) is 0 Å². The van der Waals surface area contributed by atoms with E-state index in [9.17, 15) is 15.4 Å². The molecule has 0 saturated carbocycles. The van der Waals surface area contributed by atoms with Crippen molar-refractivity contribution < 1.29 is 9.34 Å². The molecule has 0 aliphatic rings. The number of nitro groups is 1. The maximum absolute atomic E-state index is 10.7. The Hall–Kier alpha value is -4.16. The zero-order valence-corrected chi connectivity index (χ0v) is 13.4. The number of nitro benzene ring substituents is 1. The van der Waals surface area contributed by atoms with E-state index >= 15 is 0 Å². The smallest absolute Gasteiger partial charge is 0.269 e. The minimum atomic E-state index is -0.461. The van der Waals surface area contributed by atoms with Crippen LogP contribution in [0.15, 0.2) is 65.1 Å². The molecule has 0 bridgehead atoms. The summed E-state index contributed by atoms with van der Waals surface area (Å²) < 4.78 is 5.72. The Bertz CT molecular complexity index is 1060. The van der Waals surface area contributed by atoms with Crippen LogP contribution >= 0.6 is 0 Å². The summed E-state index contributed by atoms with van der Waals surface area (Å²) in [6, 6.07) is 20.3. The average Bonchev–Trinajstić information content (AvgIpc) is 3.15. The summed E-state index contributed by atoms with van der Waals surface area (Å²) in [6.45, 7) is 0. The van der Waals surface area contributed by atoms with Crippen LogP contribution in [0.25, 0.3) is 23.0 Å². The van der Waals surface area contributed by atoms with E-state index in [0.29, 0.717) is 33.8 Å². The number of nitriles is 2. The molecule has 0 unspecified atom stereocenters. The lowest BCUT2D eigenvalue weighted by Crippen LogP contribution is -1.86. The van der Waals surface area contributed by atoms with Gasteiger partial charge in [0.25, 0.3) is 5.69 Å². The summed E-state index contributed by atoms with van der Waals surface area (Å²) >= 11 is 0. The van der Waals surface area contributed by atoms with Crippen molar-refractivity contribution in [1.82, 2.24) is 0 Å². The van der Waals surface area contributed by atoms with E-state index in [1.807, 2.05) is 6.07 Å². The lowest BCUT2D eigenvalue weighted by molar-refractivity contribution is -0.384. The summed E-state index contributed by atoms with van der Waals surface area (Å²) in [5.41, 5.74) is 2.31. The standard InChI is InChI=1S/C20H11N3O3/c21-12-14-1-3-15(4-2-14)17(13-22)11-19-9-10-20(26-19)16-5-7-18(8-6-16)23(24)25/h1-11H/b17-11-. The summed E-state index contributed by atoms with van der Waals surface area (Å²) in [5.74, 6) is 1.03. The van der Waals surface area contributed by atoms with Crippen LogP contribution < -0.4 is 0 Å². The Balaban J connectivity index is 1.88. The van der Waals surface area contributed by atoms with Crippen molar-refractivity contribution in [3.05, 3.63) is 87.7 Å². The lowest BCUT2D eigenvalue weighted by Gasteiger charge is -1.99. The first-order valence-corrected chi connectivity index (χ1v) is 7.57. The van der Waals surface area contributed by atoms with Gasteiger partial charge >= 0.3 is 0 Å². The molecule has 6 nitrogen and oxygen atoms in total. The molecule has 3 aromatic rings. The van der Waals surface area contributed by atoms with Gasteiger partial charge in [-0.3, -0.25) is 10.1 Å². The lowest BCUT2D eigenvalue weighted by atomic mass is 10.0. The molecule has 0 spiro atoms. The van der Waals surface area contributed by atoms with Crippen molar-refractivity contribution in [2.45, 2.75) is 0 Å². The van der Waals surface area contributed by atoms with Gasteiger partial charge in [0.2, 0.25) is 0 Å².